The van der Waals surface area contributed by atoms with E-state index in [1.54, 1.807) is 35.2 Å². The molecule has 0 radical (unpaired) electrons. The zero-order valence-electron chi connectivity index (χ0n) is 24.3. The fourth-order valence-electron chi connectivity index (χ4n) is 4.92. The number of cyclic esters (lactones) is 1. The second kappa shape index (κ2) is 15.8. The Morgan fingerprint density at radius 3 is 2.40 bits per heavy atom. The zero-order chi connectivity index (χ0) is 32.5. The van der Waals surface area contributed by atoms with Crippen LogP contribution in [-0.4, -0.2) is 97.2 Å². The Labute approximate surface area is 268 Å². The highest BCUT2D eigenvalue weighted by Gasteiger charge is 2.36. The van der Waals surface area contributed by atoms with Gasteiger partial charge in [0.15, 0.2) is 0 Å². The molecular weight excluding hydrogens is 630 g/mol. The molecule has 0 bridgehead atoms. The molecule has 2 fully saturated rings. The summed E-state index contributed by atoms with van der Waals surface area (Å²) in [5.74, 6) is -2.90. The van der Waals surface area contributed by atoms with Gasteiger partial charge >= 0.3 is 12.1 Å². The van der Waals surface area contributed by atoms with Gasteiger partial charge in [0.1, 0.15) is 12.7 Å². The fourth-order valence-corrected chi connectivity index (χ4v) is 5.91. The minimum Gasteiger partial charge on any atom is -0.481 e. The normalized spacial score (nSPS) is 17.2. The second-order valence-electron chi connectivity index (χ2n) is 10.4. The smallest absolute Gasteiger partial charge is 0.414 e. The molecule has 4 rings (SSSR count). The molecule has 2 aromatic rings. The Morgan fingerprint density at radius 2 is 1.78 bits per heavy atom. The highest BCUT2D eigenvalue weighted by atomic mass is 35.5. The molecule has 2 atom stereocenters. The molecule has 0 aliphatic carbocycles. The number of nitrogens with zero attached hydrogens (tertiary/aromatic N) is 3. The molecule has 14 nitrogen and oxygen atoms in total. The number of carbonyl (C=O) groups is 6. The highest BCUT2D eigenvalue weighted by Crippen LogP contribution is 2.27. The number of amides is 5. The van der Waals surface area contributed by atoms with Crippen LogP contribution in [-0.2, 0) is 28.7 Å². The van der Waals surface area contributed by atoms with E-state index < -0.39 is 41.9 Å². The van der Waals surface area contributed by atoms with E-state index in [0.717, 1.165) is 16.2 Å². The van der Waals surface area contributed by atoms with Gasteiger partial charge in [0.2, 0.25) is 11.8 Å². The van der Waals surface area contributed by atoms with Gasteiger partial charge < -0.3 is 30.5 Å². The van der Waals surface area contributed by atoms with Gasteiger partial charge in [-0.3, -0.25) is 33.8 Å². The number of hydrogen-bond acceptors (Lipinski definition) is 10. The van der Waals surface area contributed by atoms with E-state index in [1.807, 2.05) is 0 Å². The lowest BCUT2D eigenvalue weighted by Gasteiger charge is -2.27. The number of nitrogens with two attached hydrogens (primary N) is 1. The number of ether oxygens (including phenoxy) is 2. The first kappa shape index (κ1) is 33.8. The van der Waals surface area contributed by atoms with Crippen LogP contribution < -0.4 is 20.9 Å². The third-order valence-electron chi connectivity index (χ3n) is 7.25. The Balaban J connectivity index is 1.36. The molecule has 1 aromatic heterocycles. The van der Waals surface area contributed by atoms with Crippen molar-refractivity contribution in [1.82, 2.24) is 10.2 Å². The molecule has 16 heteroatoms. The molecule has 4 N–H and O–H groups in total. The van der Waals surface area contributed by atoms with Crippen molar-refractivity contribution in [2.45, 2.75) is 44.2 Å². The fraction of sp³-hybridized carbons (Fsp3) is 0.448. The Kier molecular flexibility index (Phi) is 11.9. The number of nitrogens with one attached hydrogen (secondary N) is 1. The summed E-state index contributed by atoms with van der Waals surface area (Å²) >= 11 is 7.05. The highest BCUT2D eigenvalue weighted by molar-refractivity contribution is 7.18. The number of carbonyl (C=O) groups excluding carboxylic acids is 5. The van der Waals surface area contributed by atoms with Crippen molar-refractivity contribution < 1.29 is 43.3 Å². The molecule has 0 spiro atoms. The number of carboxylic acids is 1. The van der Waals surface area contributed by atoms with Crippen LogP contribution in [0.3, 0.4) is 0 Å². The number of benzene rings is 1. The molecule has 2 aliphatic heterocycles. The van der Waals surface area contributed by atoms with Crippen LogP contribution in [0.2, 0.25) is 4.34 Å². The number of morpholine rings is 1. The predicted molar refractivity (Wildman–Crippen MR) is 164 cm³/mol. The van der Waals surface area contributed by atoms with Gasteiger partial charge in [-0.1, -0.05) is 11.6 Å². The number of rotatable bonds is 15. The summed E-state index contributed by atoms with van der Waals surface area (Å²) in [5.41, 5.74) is 6.54. The molecule has 0 saturated carbocycles. The van der Waals surface area contributed by atoms with E-state index in [4.69, 9.17) is 31.9 Å². The van der Waals surface area contributed by atoms with Crippen LogP contribution in [0.5, 0.6) is 0 Å². The Morgan fingerprint density at radius 1 is 1.07 bits per heavy atom. The quantitative estimate of drug-likeness (QED) is 0.238. The summed E-state index contributed by atoms with van der Waals surface area (Å²) in [4.78, 5) is 78.3. The topological polar surface area (TPSA) is 189 Å². The van der Waals surface area contributed by atoms with Gasteiger partial charge in [0.05, 0.1) is 35.0 Å². The second-order valence-corrected chi connectivity index (χ2v) is 12.2. The molecule has 5 amide bonds. The number of aliphatic carboxylic acids is 1. The van der Waals surface area contributed by atoms with Crippen molar-refractivity contribution in [3.8, 4) is 0 Å². The Hall–Kier alpha value is -4.05. The molecular formula is C29H34ClN5O9S. The van der Waals surface area contributed by atoms with E-state index in [-0.39, 0.29) is 49.7 Å². The number of thiophene rings is 1. The lowest BCUT2D eigenvalue weighted by atomic mass is 10.1. The molecule has 0 unspecified atom stereocenters. The van der Waals surface area contributed by atoms with E-state index in [1.165, 1.54) is 11.0 Å². The maximum absolute atomic E-state index is 13.4. The summed E-state index contributed by atoms with van der Waals surface area (Å²) in [6.07, 6.45) is -0.792. The van der Waals surface area contributed by atoms with Crippen LogP contribution in [0.1, 0.15) is 41.8 Å². The van der Waals surface area contributed by atoms with Crippen LogP contribution in [0.15, 0.2) is 36.4 Å². The Bertz CT molecular complexity index is 1420. The summed E-state index contributed by atoms with van der Waals surface area (Å²) in [7, 11) is 0. The average Bonchev–Trinajstić information content (AvgIpc) is 3.61. The van der Waals surface area contributed by atoms with E-state index in [9.17, 15) is 28.8 Å². The van der Waals surface area contributed by atoms with E-state index >= 15 is 0 Å². The SMILES string of the molecule is NC(=O)[C@H](CCC(=O)O)NCCCCC(=O)N(C[C@H]1CN(c2ccc(N3CCOCC3=O)cc2)C(=O)O1)C(=O)c1ccc(Cl)s1. The monoisotopic (exact) mass is 663 g/mol. The molecule has 242 valence electrons. The van der Waals surface area contributed by atoms with Crippen molar-refractivity contribution in [3.05, 3.63) is 45.6 Å². The molecule has 45 heavy (non-hydrogen) atoms. The van der Waals surface area contributed by atoms with Gasteiger partial charge in [-0.25, -0.2) is 4.79 Å². The maximum atomic E-state index is 13.4. The summed E-state index contributed by atoms with van der Waals surface area (Å²) in [6, 6.07) is 9.12. The van der Waals surface area contributed by atoms with Gasteiger partial charge in [0.25, 0.3) is 11.8 Å². The van der Waals surface area contributed by atoms with Gasteiger partial charge in [-0.05, 0) is 62.2 Å². The average molecular weight is 664 g/mol. The van der Waals surface area contributed by atoms with Crippen molar-refractivity contribution in [1.29, 1.82) is 0 Å². The van der Waals surface area contributed by atoms with Crippen LogP contribution in [0.4, 0.5) is 16.2 Å². The number of carboxylic acid groups (broad SMARTS) is 1. The van der Waals surface area contributed by atoms with Crippen molar-refractivity contribution in [2.24, 2.45) is 5.73 Å². The van der Waals surface area contributed by atoms with Crippen molar-refractivity contribution in [3.63, 3.8) is 0 Å². The first-order chi connectivity index (χ1) is 21.5. The third kappa shape index (κ3) is 9.23. The van der Waals surface area contributed by atoms with E-state index in [2.05, 4.69) is 5.32 Å². The van der Waals surface area contributed by atoms with Crippen LogP contribution in [0, 0.1) is 0 Å². The summed E-state index contributed by atoms with van der Waals surface area (Å²) in [5, 5.41) is 11.8. The first-order valence-corrected chi connectivity index (χ1v) is 15.5. The van der Waals surface area contributed by atoms with Gasteiger partial charge in [-0.2, -0.15) is 0 Å². The number of unbranched alkanes of at least 4 members (excludes halogenated alkanes) is 1. The van der Waals surface area contributed by atoms with Gasteiger partial charge in [0, 0.05) is 30.8 Å². The van der Waals surface area contributed by atoms with Crippen molar-refractivity contribution >= 4 is 70.0 Å². The number of primary amides is 1. The first-order valence-electron chi connectivity index (χ1n) is 14.3. The number of anilines is 2. The largest absolute Gasteiger partial charge is 0.481 e. The number of halogens is 1. The zero-order valence-corrected chi connectivity index (χ0v) is 25.9. The molecule has 3 heterocycles. The molecule has 2 aliphatic rings. The predicted octanol–water partition coefficient (Wildman–Crippen LogP) is 2.24. The standard InChI is InChI=1S/C29H34ClN5O9S/c30-23-10-9-22(45-23)28(41)35(24(36)3-1-2-12-32-21(27(31)40)8-11-26(38)39)16-20-15-34(29(42)44-20)19-6-4-18(5-7-19)33-13-14-43-17-25(33)37/h4-7,9-10,20-21,32H,1-3,8,11-17H2,(H2,31,40)(H,38,39)/t20-,21+/m1/s1. The third-order valence-corrected chi connectivity index (χ3v) is 8.47. The van der Waals surface area contributed by atoms with Crippen LogP contribution >= 0.6 is 22.9 Å². The molecule has 2 saturated heterocycles. The minimum atomic E-state index is -1.04. The summed E-state index contributed by atoms with van der Waals surface area (Å²) in [6.45, 7) is 1.09. The molecule has 1 aromatic carbocycles. The van der Waals surface area contributed by atoms with E-state index in [0.29, 0.717) is 48.2 Å². The van der Waals surface area contributed by atoms with Crippen LogP contribution in [0.25, 0.3) is 0 Å². The summed E-state index contributed by atoms with van der Waals surface area (Å²) < 4.78 is 11.1. The minimum absolute atomic E-state index is 0.00497. The van der Waals surface area contributed by atoms with Crippen molar-refractivity contribution in [2.75, 3.05) is 49.2 Å². The lowest BCUT2D eigenvalue weighted by Crippen LogP contribution is -2.43. The van der Waals surface area contributed by atoms with Gasteiger partial charge in [-0.15, -0.1) is 11.3 Å². The number of hydrogen-bond donors (Lipinski definition) is 3. The lowest BCUT2D eigenvalue weighted by molar-refractivity contribution is -0.137. The number of imide groups is 1. The maximum Gasteiger partial charge on any atom is 0.414 e.